The molecule has 0 aromatic carbocycles. The summed E-state index contributed by atoms with van der Waals surface area (Å²) in [6, 6.07) is 0. The molecule has 55 heavy (non-hydrogen) atoms. The molecule has 0 aliphatic carbocycles. The van der Waals surface area contributed by atoms with Gasteiger partial charge >= 0.3 is 18.0 Å². The van der Waals surface area contributed by atoms with Crippen molar-refractivity contribution in [2.75, 3.05) is 19.5 Å². The van der Waals surface area contributed by atoms with E-state index in [1.54, 1.807) is 0 Å². The number of fused-ring (bicyclic) bond motifs is 1. The van der Waals surface area contributed by atoms with Gasteiger partial charge in [-0.15, -0.1) is 6.42 Å². The van der Waals surface area contributed by atoms with Crippen LogP contribution in [0.3, 0.4) is 0 Å². The van der Waals surface area contributed by atoms with Gasteiger partial charge in [0.25, 0.3) is 0 Å². The maximum atomic E-state index is 14.2. The normalized spacial score (nSPS) is 13.1. The van der Waals surface area contributed by atoms with Gasteiger partial charge in [-0.2, -0.15) is 14.4 Å². The van der Waals surface area contributed by atoms with Gasteiger partial charge in [0, 0.05) is 20.0 Å². The van der Waals surface area contributed by atoms with Gasteiger partial charge in [0.2, 0.25) is 5.60 Å². The Labute approximate surface area is 332 Å². The molecule has 11 heteroatoms. The zero-order valence-electron chi connectivity index (χ0n) is 34.7. The van der Waals surface area contributed by atoms with Crippen molar-refractivity contribution in [3.63, 3.8) is 0 Å². The average Bonchev–Trinajstić information content (AvgIpc) is 3.58. The van der Waals surface area contributed by atoms with E-state index in [9.17, 15) is 14.0 Å². The van der Waals surface area contributed by atoms with Gasteiger partial charge in [-0.25, -0.2) is 4.98 Å². The number of halogens is 1. The van der Waals surface area contributed by atoms with E-state index in [0.29, 0.717) is 6.42 Å². The van der Waals surface area contributed by atoms with Crippen LogP contribution in [0.25, 0.3) is 11.2 Å². The van der Waals surface area contributed by atoms with E-state index in [1.807, 2.05) is 0 Å². The number of aromatic nitrogens is 4. The molecule has 10 nitrogen and oxygen atoms in total. The lowest BCUT2D eigenvalue weighted by Crippen LogP contribution is -2.51. The second-order valence-electron chi connectivity index (χ2n) is 15.3. The summed E-state index contributed by atoms with van der Waals surface area (Å²) in [6.45, 7) is 4.07. The highest BCUT2D eigenvalue weighted by Crippen LogP contribution is 2.25. The number of nitrogens with two attached hydrogens (primary N) is 1. The number of hydrogen-bond acceptors (Lipinski definition) is 9. The molecule has 0 aliphatic heterocycles. The molecule has 2 N–H and O–H groups in total. The molecule has 312 valence electrons. The molecular formula is C44H74FN5O5. The van der Waals surface area contributed by atoms with Gasteiger partial charge < -0.3 is 24.5 Å². The fourth-order valence-electron chi connectivity index (χ4n) is 7.06. The fraction of sp³-hybridized carbons (Fsp3) is 0.795. The van der Waals surface area contributed by atoms with Crippen molar-refractivity contribution in [2.24, 2.45) is 0 Å². The lowest BCUT2D eigenvalue weighted by atomic mass is 9.97. The zero-order chi connectivity index (χ0) is 40.0. The first-order valence-corrected chi connectivity index (χ1v) is 21.8. The number of carbonyl (C=O) groups excluding carboxylic acids is 2. The van der Waals surface area contributed by atoms with Crippen LogP contribution < -0.4 is 5.73 Å². The minimum absolute atomic E-state index is 0.0921. The number of unbranched alkanes of at least 4 members (excludes halogenated alkanes) is 24. The predicted molar refractivity (Wildman–Crippen MR) is 220 cm³/mol. The number of esters is 2. The van der Waals surface area contributed by atoms with Gasteiger partial charge in [0.1, 0.15) is 12.1 Å². The van der Waals surface area contributed by atoms with Crippen molar-refractivity contribution in [1.29, 1.82) is 0 Å². The van der Waals surface area contributed by atoms with Crippen LogP contribution in [0.15, 0.2) is 6.33 Å². The number of ether oxygens (including phenoxy) is 3. The van der Waals surface area contributed by atoms with E-state index in [4.69, 9.17) is 26.4 Å². The summed E-state index contributed by atoms with van der Waals surface area (Å²) in [6.07, 6.45) is 37.1. The lowest BCUT2D eigenvalue weighted by molar-refractivity contribution is -0.174. The summed E-state index contributed by atoms with van der Waals surface area (Å²) in [7, 11) is 1.39. The van der Waals surface area contributed by atoms with Gasteiger partial charge in [-0.3, -0.25) is 9.59 Å². The number of imidazole rings is 1. The lowest BCUT2D eigenvalue weighted by Gasteiger charge is -2.34. The quantitative estimate of drug-likeness (QED) is 0.0315. The highest BCUT2D eigenvalue weighted by Gasteiger charge is 2.43. The molecule has 0 radical (unpaired) electrons. The number of nitrogens with zero attached hydrogens (tertiary/aromatic N) is 4. The second-order valence-corrected chi connectivity index (χ2v) is 15.3. The van der Waals surface area contributed by atoms with Crippen LogP contribution in [0.5, 0.6) is 0 Å². The van der Waals surface area contributed by atoms with Crippen LogP contribution in [0.1, 0.15) is 194 Å². The molecule has 2 rings (SSSR count). The number of terminal acetylenes is 1. The molecule has 0 saturated heterocycles. The minimum atomic E-state index is -1.62. The number of carbonyl (C=O) groups is 2. The Morgan fingerprint density at radius 2 is 1.18 bits per heavy atom. The Balaban J connectivity index is 1.86. The van der Waals surface area contributed by atoms with Crippen molar-refractivity contribution in [1.82, 2.24) is 19.5 Å². The maximum Gasteiger partial charge on any atom is 0.312 e. The van der Waals surface area contributed by atoms with E-state index < -0.39 is 29.7 Å². The van der Waals surface area contributed by atoms with Crippen LogP contribution in [-0.4, -0.2) is 56.9 Å². The van der Waals surface area contributed by atoms with Gasteiger partial charge in [0.05, 0.1) is 12.9 Å². The van der Waals surface area contributed by atoms with Crippen molar-refractivity contribution >= 4 is 28.9 Å². The minimum Gasteiger partial charge on any atom is -0.461 e. The molecule has 2 aromatic rings. The van der Waals surface area contributed by atoms with E-state index in [1.165, 1.54) is 140 Å². The maximum absolute atomic E-state index is 14.2. The third-order valence-electron chi connectivity index (χ3n) is 10.6. The topological polar surface area (TPSA) is 131 Å². The highest BCUT2D eigenvalue weighted by molar-refractivity contribution is 5.81. The van der Waals surface area contributed by atoms with Crippen LogP contribution in [0, 0.1) is 18.4 Å². The highest BCUT2D eigenvalue weighted by atomic mass is 19.1. The summed E-state index contributed by atoms with van der Waals surface area (Å²) in [4.78, 5) is 37.7. The van der Waals surface area contributed by atoms with E-state index in [2.05, 4.69) is 34.7 Å². The third kappa shape index (κ3) is 19.9. The van der Waals surface area contributed by atoms with Crippen molar-refractivity contribution in [3.8, 4) is 12.3 Å². The molecular weight excluding hydrogens is 698 g/mol. The van der Waals surface area contributed by atoms with E-state index in [-0.39, 0.29) is 43.0 Å². The van der Waals surface area contributed by atoms with Gasteiger partial charge in [0.15, 0.2) is 17.6 Å². The Morgan fingerprint density at radius 1 is 0.745 bits per heavy atom. The molecule has 0 spiro atoms. The molecule has 2 heterocycles. The monoisotopic (exact) mass is 772 g/mol. The van der Waals surface area contributed by atoms with Gasteiger partial charge in [-0.05, 0) is 12.8 Å². The number of nitrogen functional groups attached to an aromatic ring is 1. The predicted octanol–water partition coefficient (Wildman–Crippen LogP) is 11.0. The fourth-order valence-corrected chi connectivity index (χ4v) is 7.06. The largest absolute Gasteiger partial charge is 0.461 e. The summed E-state index contributed by atoms with van der Waals surface area (Å²) in [5, 5.41) is 0. The first kappa shape index (κ1) is 47.9. The summed E-state index contributed by atoms with van der Waals surface area (Å²) >= 11 is 0. The molecule has 0 bridgehead atoms. The van der Waals surface area contributed by atoms with Crippen molar-refractivity contribution in [3.05, 3.63) is 12.4 Å². The van der Waals surface area contributed by atoms with Crippen LogP contribution in [0.2, 0.25) is 0 Å². The second kappa shape index (κ2) is 30.0. The Kier molecular flexibility index (Phi) is 26.1. The smallest absolute Gasteiger partial charge is 0.312 e. The van der Waals surface area contributed by atoms with Crippen LogP contribution >= 0.6 is 0 Å². The summed E-state index contributed by atoms with van der Waals surface area (Å²) in [5.74, 6) is 1.64. The zero-order valence-corrected chi connectivity index (χ0v) is 34.7. The number of rotatable bonds is 35. The van der Waals surface area contributed by atoms with Crippen LogP contribution in [-0.2, 0) is 30.3 Å². The van der Waals surface area contributed by atoms with E-state index >= 15 is 0 Å². The number of anilines is 1. The Bertz CT molecular complexity index is 1360. The molecule has 2 aromatic heterocycles. The Morgan fingerprint density at radius 3 is 1.62 bits per heavy atom. The average molecular weight is 772 g/mol. The third-order valence-corrected chi connectivity index (χ3v) is 10.6. The molecule has 0 saturated carbocycles. The molecule has 1 unspecified atom stereocenters. The first-order chi connectivity index (χ1) is 26.8. The molecule has 0 fully saturated rings. The van der Waals surface area contributed by atoms with Gasteiger partial charge in [-0.1, -0.05) is 174 Å². The summed E-state index contributed by atoms with van der Waals surface area (Å²) in [5.41, 5.74) is 4.58. The summed E-state index contributed by atoms with van der Waals surface area (Å²) < 4.78 is 33.1. The number of methoxy groups -OCH3 is 1. The SMILES string of the molecule is C#CC(COC(=O)CCCCCCCCCCCCCCC)(OC)[C@H](Cn1cnc2c(N)nc(F)nc21)OC(=O)CCCCCCCCCCCCCCC. The Hall–Kier alpha value is -3.26. The van der Waals surface area contributed by atoms with Crippen molar-refractivity contribution in [2.45, 2.75) is 212 Å². The van der Waals surface area contributed by atoms with Crippen molar-refractivity contribution < 1.29 is 28.2 Å². The molecule has 0 aliphatic rings. The van der Waals surface area contributed by atoms with Crippen LogP contribution in [0.4, 0.5) is 10.2 Å². The molecule has 2 atom stereocenters. The standard InChI is InChI=1S/C44H74FN5O5/c1-5-8-10-12-14-16-18-20-22-24-26-28-30-32-38(51)54-35-44(7-3,53-4)37(34-50-36-47-40-41(46)48-43(45)49-42(40)50)55-39(52)33-31-29-27-25-23-21-19-17-15-13-11-9-6-2/h3,36-37H,5-6,8-35H2,1-2,4H3,(H2,46,48,49)/t37-,44?/m0/s1. The number of hydrogen-bond donors (Lipinski definition) is 1. The van der Waals surface area contributed by atoms with E-state index in [0.717, 1.165) is 38.5 Å². The molecule has 0 amide bonds. The first-order valence-electron chi connectivity index (χ1n) is 21.8.